The molecule has 1 heterocycles. The van der Waals surface area contributed by atoms with Crippen molar-refractivity contribution in [1.29, 1.82) is 0 Å². The van der Waals surface area contributed by atoms with E-state index in [4.69, 9.17) is 4.74 Å². The Labute approximate surface area is 84.5 Å². The second-order valence-electron chi connectivity index (χ2n) is 3.98. The third kappa shape index (κ3) is 1.56. The molecule has 0 radical (unpaired) electrons. The molecule has 2 heteroatoms. The number of aliphatic hydroxyl groups excluding tert-OH is 1. The summed E-state index contributed by atoms with van der Waals surface area (Å²) in [5.41, 5.74) is 2.44. The van der Waals surface area contributed by atoms with Crippen molar-refractivity contribution in [3.63, 3.8) is 0 Å². The first-order chi connectivity index (χ1) is 6.70. The normalized spacial score (nSPS) is 28.2. The topological polar surface area (TPSA) is 29.5 Å². The summed E-state index contributed by atoms with van der Waals surface area (Å²) in [7, 11) is 0. The van der Waals surface area contributed by atoms with Crippen molar-refractivity contribution in [1.82, 2.24) is 0 Å². The molecule has 76 valence electrons. The Bertz CT molecular complexity index is 320. The number of aliphatic hydroxyl groups is 1. The lowest BCUT2D eigenvalue weighted by atomic mass is 9.85. The van der Waals surface area contributed by atoms with Crippen molar-refractivity contribution in [2.75, 3.05) is 0 Å². The maximum absolute atomic E-state index is 9.71. The predicted octanol–water partition coefficient (Wildman–Crippen LogP) is 2.07. The highest BCUT2D eigenvalue weighted by molar-refractivity contribution is 5.33. The van der Waals surface area contributed by atoms with Crippen LogP contribution in [0.25, 0.3) is 0 Å². The van der Waals surface area contributed by atoms with Crippen LogP contribution in [0.4, 0.5) is 0 Å². The zero-order chi connectivity index (χ0) is 10.1. The van der Waals surface area contributed by atoms with Crippen LogP contribution in [0, 0.1) is 0 Å². The number of rotatable bonds is 1. The van der Waals surface area contributed by atoms with Gasteiger partial charge >= 0.3 is 0 Å². The maximum atomic E-state index is 9.71. The molecule has 1 aromatic rings. The molecule has 1 N–H and O–H groups in total. The van der Waals surface area contributed by atoms with Crippen LogP contribution in [0.2, 0.25) is 0 Å². The number of benzene rings is 1. The molecule has 0 aromatic heterocycles. The summed E-state index contributed by atoms with van der Waals surface area (Å²) in [5.74, 6) is 0.111. The van der Waals surface area contributed by atoms with E-state index in [1.807, 2.05) is 26.0 Å². The molecule has 0 saturated heterocycles. The van der Waals surface area contributed by atoms with E-state index in [1.165, 1.54) is 11.1 Å². The average molecular weight is 192 g/mol. The average Bonchev–Trinajstić information content (AvgIpc) is 2.17. The summed E-state index contributed by atoms with van der Waals surface area (Å²) in [5, 5.41) is 9.71. The molecule has 2 rings (SSSR count). The van der Waals surface area contributed by atoms with Gasteiger partial charge in [0.25, 0.3) is 0 Å². The fraction of sp³-hybridized carbons (Fsp3) is 0.500. The monoisotopic (exact) mass is 192 g/mol. The molecule has 1 aliphatic rings. The van der Waals surface area contributed by atoms with Gasteiger partial charge in [-0.15, -0.1) is 0 Å². The highest BCUT2D eigenvalue weighted by Gasteiger charge is 2.30. The summed E-state index contributed by atoms with van der Waals surface area (Å²) in [6.07, 6.45) is -0.253. The Kier molecular flexibility index (Phi) is 2.57. The highest BCUT2D eigenvalue weighted by Crippen LogP contribution is 2.33. The van der Waals surface area contributed by atoms with E-state index < -0.39 is 0 Å². The van der Waals surface area contributed by atoms with Crippen molar-refractivity contribution in [2.45, 2.75) is 38.6 Å². The van der Waals surface area contributed by atoms with E-state index in [2.05, 4.69) is 12.1 Å². The lowest BCUT2D eigenvalue weighted by molar-refractivity contribution is -0.0145. The molecule has 1 aromatic carbocycles. The molecule has 14 heavy (non-hydrogen) atoms. The molecule has 0 spiro atoms. The fourth-order valence-electron chi connectivity index (χ4n) is 2.22. The zero-order valence-electron chi connectivity index (χ0n) is 8.60. The molecule has 1 aliphatic heterocycles. The lowest BCUT2D eigenvalue weighted by Gasteiger charge is -2.33. The molecule has 0 aliphatic carbocycles. The first-order valence-electron chi connectivity index (χ1n) is 5.07. The summed E-state index contributed by atoms with van der Waals surface area (Å²) >= 11 is 0. The van der Waals surface area contributed by atoms with Crippen LogP contribution in [-0.2, 0) is 11.3 Å². The second kappa shape index (κ2) is 3.71. The summed E-state index contributed by atoms with van der Waals surface area (Å²) in [6.45, 7) is 4.51. The summed E-state index contributed by atoms with van der Waals surface area (Å²) in [6, 6.07) is 8.19. The molecule has 0 saturated carbocycles. The standard InChI is InChI=1S/C12H16O2/c1-8(13)12-9(2)14-7-10-5-3-4-6-11(10)12/h3-6,8-9,12-13H,7H2,1-2H3/t8-,9-,12+/m1/s1. The Morgan fingerprint density at radius 3 is 2.86 bits per heavy atom. The van der Waals surface area contributed by atoms with Gasteiger partial charge in [-0.05, 0) is 25.0 Å². The van der Waals surface area contributed by atoms with E-state index >= 15 is 0 Å². The van der Waals surface area contributed by atoms with Gasteiger partial charge in [0.1, 0.15) is 0 Å². The molecule has 2 nitrogen and oxygen atoms in total. The molecular weight excluding hydrogens is 176 g/mol. The third-order valence-corrected chi connectivity index (χ3v) is 2.94. The highest BCUT2D eigenvalue weighted by atomic mass is 16.5. The van der Waals surface area contributed by atoms with Crippen molar-refractivity contribution < 1.29 is 9.84 Å². The maximum Gasteiger partial charge on any atom is 0.0723 e. The Morgan fingerprint density at radius 1 is 1.43 bits per heavy atom. The molecule has 0 bridgehead atoms. The lowest BCUT2D eigenvalue weighted by Crippen LogP contribution is -2.32. The van der Waals surface area contributed by atoms with Crippen LogP contribution >= 0.6 is 0 Å². The Hall–Kier alpha value is -0.860. The van der Waals surface area contributed by atoms with Crippen molar-refractivity contribution in [3.8, 4) is 0 Å². The summed E-state index contributed by atoms with van der Waals surface area (Å²) < 4.78 is 5.62. The summed E-state index contributed by atoms with van der Waals surface area (Å²) in [4.78, 5) is 0. The van der Waals surface area contributed by atoms with Crippen LogP contribution < -0.4 is 0 Å². The SMILES string of the molecule is C[C@@H](O)[C@@H]1c2ccccc2CO[C@@H]1C. The second-order valence-corrected chi connectivity index (χ2v) is 3.98. The smallest absolute Gasteiger partial charge is 0.0723 e. The van der Waals surface area contributed by atoms with Gasteiger partial charge < -0.3 is 9.84 Å². The van der Waals surface area contributed by atoms with Crippen molar-refractivity contribution in [3.05, 3.63) is 35.4 Å². The van der Waals surface area contributed by atoms with Gasteiger partial charge in [0.05, 0.1) is 18.8 Å². The predicted molar refractivity (Wildman–Crippen MR) is 55.1 cm³/mol. The Morgan fingerprint density at radius 2 is 2.14 bits per heavy atom. The van der Waals surface area contributed by atoms with Crippen LogP contribution in [0.1, 0.15) is 30.9 Å². The van der Waals surface area contributed by atoms with Crippen LogP contribution in [-0.4, -0.2) is 17.3 Å². The van der Waals surface area contributed by atoms with Crippen LogP contribution in [0.5, 0.6) is 0 Å². The largest absolute Gasteiger partial charge is 0.393 e. The minimum absolute atomic E-state index is 0.102. The number of hydrogen-bond donors (Lipinski definition) is 1. The zero-order valence-corrected chi connectivity index (χ0v) is 8.60. The third-order valence-electron chi connectivity index (χ3n) is 2.94. The van der Waals surface area contributed by atoms with E-state index in [0.717, 1.165) is 0 Å². The van der Waals surface area contributed by atoms with Gasteiger partial charge in [-0.25, -0.2) is 0 Å². The van der Waals surface area contributed by atoms with E-state index in [0.29, 0.717) is 6.61 Å². The van der Waals surface area contributed by atoms with Gasteiger partial charge in [0, 0.05) is 5.92 Å². The van der Waals surface area contributed by atoms with Gasteiger partial charge in [0.2, 0.25) is 0 Å². The minimum atomic E-state index is -0.355. The van der Waals surface area contributed by atoms with Gasteiger partial charge in [0.15, 0.2) is 0 Å². The van der Waals surface area contributed by atoms with E-state index in [9.17, 15) is 5.11 Å². The Balaban J connectivity index is 2.41. The number of fused-ring (bicyclic) bond motifs is 1. The van der Waals surface area contributed by atoms with E-state index in [1.54, 1.807) is 0 Å². The van der Waals surface area contributed by atoms with Crippen molar-refractivity contribution in [2.24, 2.45) is 0 Å². The van der Waals surface area contributed by atoms with Crippen LogP contribution in [0.3, 0.4) is 0 Å². The van der Waals surface area contributed by atoms with Crippen molar-refractivity contribution >= 4 is 0 Å². The molecule has 0 unspecified atom stereocenters. The molecule has 0 amide bonds. The molecule has 3 atom stereocenters. The first-order valence-corrected chi connectivity index (χ1v) is 5.07. The van der Waals surface area contributed by atoms with E-state index in [-0.39, 0.29) is 18.1 Å². The molecule has 0 fully saturated rings. The minimum Gasteiger partial charge on any atom is -0.393 e. The van der Waals surface area contributed by atoms with Gasteiger partial charge in [-0.3, -0.25) is 0 Å². The quantitative estimate of drug-likeness (QED) is 0.738. The van der Waals surface area contributed by atoms with Crippen LogP contribution in [0.15, 0.2) is 24.3 Å². The molecular formula is C12H16O2. The first kappa shape index (κ1) is 9.69. The number of hydrogen-bond acceptors (Lipinski definition) is 2. The number of ether oxygens (including phenoxy) is 1. The fourth-order valence-corrected chi connectivity index (χ4v) is 2.22. The van der Waals surface area contributed by atoms with Gasteiger partial charge in [-0.1, -0.05) is 24.3 Å². The van der Waals surface area contributed by atoms with Gasteiger partial charge in [-0.2, -0.15) is 0 Å².